The Morgan fingerprint density at radius 3 is 2.41 bits per heavy atom. The SMILES string of the molecule is CCN(CC)C(=O)c1ccc(N2CCOCC2)c(COc2ccc(-c3nc4cc(C(=O)O)ccc4n3C3CCCCC3)c(F)c2)c1. The molecule has 46 heavy (non-hydrogen) atoms. The van der Waals surface area contributed by atoms with Crippen molar-refractivity contribution in [1.29, 1.82) is 0 Å². The van der Waals surface area contributed by atoms with E-state index in [0.29, 0.717) is 54.5 Å². The third kappa shape index (κ3) is 6.44. The Bertz CT molecular complexity index is 1720. The van der Waals surface area contributed by atoms with E-state index in [1.165, 1.54) is 12.5 Å². The second kappa shape index (κ2) is 13.9. The van der Waals surface area contributed by atoms with Gasteiger partial charge in [0.1, 0.15) is 24.0 Å². The predicted molar refractivity (Wildman–Crippen MR) is 175 cm³/mol. The van der Waals surface area contributed by atoms with Crippen molar-refractivity contribution in [2.75, 3.05) is 44.3 Å². The first-order valence-corrected chi connectivity index (χ1v) is 16.3. The van der Waals surface area contributed by atoms with Crippen molar-refractivity contribution in [3.8, 4) is 17.1 Å². The first-order chi connectivity index (χ1) is 22.4. The van der Waals surface area contributed by atoms with Crippen LogP contribution >= 0.6 is 0 Å². The number of carbonyl (C=O) groups excluding carboxylic acids is 1. The van der Waals surface area contributed by atoms with E-state index < -0.39 is 11.8 Å². The zero-order chi connectivity index (χ0) is 32.2. The maximum absolute atomic E-state index is 16.0. The number of hydrogen-bond acceptors (Lipinski definition) is 6. The summed E-state index contributed by atoms with van der Waals surface area (Å²) >= 11 is 0. The summed E-state index contributed by atoms with van der Waals surface area (Å²) in [5, 5.41) is 9.54. The fourth-order valence-corrected chi connectivity index (χ4v) is 6.70. The number of amides is 1. The van der Waals surface area contributed by atoms with E-state index in [4.69, 9.17) is 14.5 Å². The van der Waals surface area contributed by atoms with Gasteiger partial charge in [-0.1, -0.05) is 19.3 Å². The van der Waals surface area contributed by atoms with E-state index in [1.807, 2.05) is 32.0 Å². The molecule has 0 radical (unpaired) electrons. The average Bonchev–Trinajstić information content (AvgIpc) is 3.47. The van der Waals surface area contributed by atoms with Gasteiger partial charge >= 0.3 is 5.97 Å². The largest absolute Gasteiger partial charge is 0.489 e. The average molecular weight is 629 g/mol. The van der Waals surface area contributed by atoms with Gasteiger partial charge in [0, 0.05) is 55.1 Å². The number of benzene rings is 3. The van der Waals surface area contributed by atoms with E-state index in [0.717, 1.165) is 55.5 Å². The number of anilines is 1. The molecule has 0 atom stereocenters. The molecule has 2 heterocycles. The molecule has 3 aromatic carbocycles. The van der Waals surface area contributed by atoms with Gasteiger partial charge in [0.2, 0.25) is 0 Å². The van der Waals surface area contributed by atoms with Gasteiger partial charge in [-0.05, 0) is 75.2 Å². The Balaban J connectivity index is 1.30. The lowest BCUT2D eigenvalue weighted by molar-refractivity contribution is 0.0696. The highest BCUT2D eigenvalue weighted by Crippen LogP contribution is 2.38. The number of rotatable bonds is 10. The van der Waals surface area contributed by atoms with Crippen LogP contribution in [0.3, 0.4) is 0 Å². The number of carbonyl (C=O) groups is 2. The maximum Gasteiger partial charge on any atom is 0.335 e. The summed E-state index contributed by atoms with van der Waals surface area (Å²) < 4.78 is 29.8. The lowest BCUT2D eigenvalue weighted by Gasteiger charge is -2.31. The van der Waals surface area contributed by atoms with Gasteiger partial charge in [-0.3, -0.25) is 4.79 Å². The quantitative estimate of drug-likeness (QED) is 0.203. The van der Waals surface area contributed by atoms with Crippen LogP contribution in [0.5, 0.6) is 5.75 Å². The second-order valence-electron chi connectivity index (χ2n) is 12.0. The van der Waals surface area contributed by atoms with Gasteiger partial charge in [-0.25, -0.2) is 14.2 Å². The zero-order valence-corrected chi connectivity index (χ0v) is 26.5. The highest BCUT2D eigenvalue weighted by Gasteiger charge is 2.25. The number of fused-ring (bicyclic) bond motifs is 1. The van der Waals surface area contributed by atoms with Crippen molar-refractivity contribution in [3.05, 3.63) is 77.1 Å². The maximum atomic E-state index is 16.0. The van der Waals surface area contributed by atoms with Crippen LogP contribution in [0.1, 0.15) is 78.3 Å². The lowest BCUT2D eigenvalue weighted by atomic mass is 9.94. The summed E-state index contributed by atoms with van der Waals surface area (Å²) in [5.74, 6) is -0.675. The molecule has 9 nitrogen and oxygen atoms in total. The number of nitrogens with zero attached hydrogens (tertiary/aromatic N) is 4. The molecule has 242 valence electrons. The monoisotopic (exact) mass is 628 g/mol. The van der Waals surface area contributed by atoms with E-state index in [-0.39, 0.29) is 24.1 Å². The molecule has 0 spiro atoms. The first-order valence-electron chi connectivity index (χ1n) is 16.3. The Morgan fingerprint density at radius 1 is 0.978 bits per heavy atom. The zero-order valence-electron chi connectivity index (χ0n) is 26.5. The van der Waals surface area contributed by atoms with Crippen LogP contribution in [0, 0.1) is 5.82 Å². The molecular formula is C36H41FN4O5. The molecule has 1 aliphatic heterocycles. The topological polar surface area (TPSA) is 97.1 Å². The lowest BCUT2D eigenvalue weighted by Crippen LogP contribution is -2.37. The molecule has 0 unspecified atom stereocenters. The van der Waals surface area contributed by atoms with Crippen LogP contribution < -0.4 is 9.64 Å². The molecule has 1 N–H and O–H groups in total. The van der Waals surface area contributed by atoms with Gasteiger partial charge in [0.25, 0.3) is 5.91 Å². The number of aromatic nitrogens is 2. The van der Waals surface area contributed by atoms with Crippen molar-refractivity contribution < 1.29 is 28.6 Å². The molecule has 6 rings (SSSR count). The third-order valence-electron chi connectivity index (χ3n) is 9.18. The minimum absolute atomic E-state index is 0.0356. The summed E-state index contributed by atoms with van der Waals surface area (Å²) in [6.45, 7) is 8.02. The molecule has 2 aliphatic rings. The van der Waals surface area contributed by atoms with Crippen molar-refractivity contribution in [1.82, 2.24) is 14.5 Å². The van der Waals surface area contributed by atoms with E-state index in [1.54, 1.807) is 35.2 Å². The minimum atomic E-state index is -1.02. The summed E-state index contributed by atoms with van der Waals surface area (Å²) in [6.07, 6.45) is 5.26. The van der Waals surface area contributed by atoms with Gasteiger partial charge in [-0.2, -0.15) is 0 Å². The van der Waals surface area contributed by atoms with Crippen LogP contribution in [0.25, 0.3) is 22.4 Å². The third-order valence-corrected chi connectivity index (χ3v) is 9.18. The smallest absolute Gasteiger partial charge is 0.335 e. The van der Waals surface area contributed by atoms with Gasteiger partial charge in [0.05, 0.1) is 35.4 Å². The molecule has 10 heteroatoms. The first kappa shape index (κ1) is 31.5. The number of hydrogen-bond donors (Lipinski definition) is 1. The molecule has 1 aromatic heterocycles. The fraction of sp³-hybridized carbons (Fsp3) is 0.417. The van der Waals surface area contributed by atoms with Crippen LogP contribution in [0.4, 0.5) is 10.1 Å². The molecule has 1 saturated heterocycles. The van der Waals surface area contributed by atoms with Crippen LogP contribution in [0.2, 0.25) is 0 Å². The van der Waals surface area contributed by atoms with Crippen molar-refractivity contribution in [3.63, 3.8) is 0 Å². The van der Waals surface area contributed by atoms with Gasteiger partial charge in [-0.15, -0.1) is 0 Å². The predicted octanol–water partition coefficient (Wildman–Crippen LogP) is 6.94. The number of halogens is 1. The van der Waals surface area contributed by atoms with Gasteiger partial charge < -0.3 is 28.9 Å². The normalized spacial score (nSPS) is 15.7. The molecule has 1 saturated carbocycles. The van der Waals surface area contributed by atoms with Crippen molar-refractivity contribution in [2.45, 2.75) is 58.6 Å². The molecule has 0 bridgehead atoms. The summed E-state index contributed by atoms with van der Waals surface area (Å²) in [5.41, 5.74) is 4.24. The molecule has 2 fully saturated rings. The van der Waals surface area contributed by atoms with Crippen molar-refractivity contribution in [2.24, 2.45) is 0 Å². The van der Waals surface area contributed by atoms with Crippen LogP contribution in [0.15, 0.2) is 54.6 Å². The summed E-state index contributed by atoms with van der Waals surface area (Å²) in [6, 6.07) is 15.6. The highest BCUT2D eigenvalue weighted by molar-refractivity contribution is 5.95. The summed E-state index contributed by atoms with van der Waals surface area (Å²) in [4.78, 5) is 33.6. The summed E-state index contributed by atoms with van der Waals surface area (Å²) in [7, 11) is 0. The fourth-order valence-electron chi connectivity index (χ4n) is 6.70. The number of ether oxygens (including phenoxy) is 2. The van der Waals surface area contributed by atoms with Crippen molar-refractivity contribution >= 4 is 28.6 Å². The second-order valence-corrected chi connectivity index (χ2v) is 12.0. The van der Waals surface area contributed by atoms with E-state index in [2.05, 4.69) is 9.47 Å². The number of aromatic carboxylic acids is 1. The highest BCUT2D eigenvalue weighted by atomic mass is 19.1. The van der Waals surface area contributed by atoms with E-state index >= 15 is 4.39 Å². The Kier molecular flexibility index (Phi) is 9.53. The Hall–Kier alpha value is -4.44. The van der Waals surface area contributed by atoms with Crippen LogP contribution in [-0.2, 0) is 11.3 Å². The van der Waals surface area contributed by atoms with Crippen LogP contribution in [-0.4, -0.2) is 70.8 Å². The number of imidazole rings is 1. The molecule has 1 aliphatic carbocycles. The standard InChI is InChI=1S/C36H41FN4O5/c1-3-39(4-2)35(42)24-10-14-32(40-16-18-45-19-17-40)26(20-24)23-46-28-12-13-29(30(37)22-28)34-38-31-21-25(36(43)44)11-15-33(31)41(34)27-8-6-5-7-9-27/h10-15,20-22,27H,3-9,16-19,23H2,1-2H3,(H,43,44). The number of carboxylic acid groups (broad SMARTS) is 1. The minimum Gasteiger partial charge on any atom is -0.489 e. The Morgan fingerprint density at radius 2 is 1.72 bits per heavy atom. The number of morpholine rings is 1. The molecule has 1 amide bonds. The number of carboxylic acids is 1. The Labute approximate surface area is 268 Å². The molecule has 4 aromatic rings. The van der Waals surface area contributed by atoms with E-state index in [9.17, 15) is 14.7 Å². The van der Waals surface area contributed by atoms with Gasteiger partial charge in [0.15, 0.2) is 0 Å². The molecular weight excluding hydrogens is 587 g/mol.